The molecule has 5 nitrogen and oxygen atoms in total. The average Bonchev–Trinajstić information content (AvgIpc) is 2.85. The normalized spacial score (nSPS) is 13.2. The Morgan fingerprint density at radius 2 is 1.75 bits per heavy atom. The molecule has 0 spiro atoms. The Bertz CT molecular complexity index is 917. The number of aliphatic imine (C=N–C) groups is 1. The Labute approximate surface area is 166 Å². The minimum absolute atomic E-state index is 0.491. The lowest BCUT2D eigenvalue weighted by molar-refractivity contribution is -0.119. The van der Waals surface area contributed by atoms with E-state index < -0.39 is 0 Å². The highest BCUT2D eigenvalue weighted by atomic mass is 16.7. The van der Waals surface area contributed by atoms with Crippen LogP contribution in [-0.4, -0.2) is 24.0 Å². The van der Waals surface area contributed by atoms with Crippen LogP contribution in [0.2, 0.25) is 0 Å². The molecule has 0 atom stereocenters. The lowest BCUT2D eigenvalue weighted by atomic mass is 10.0. The van der Waals surface area contributed by atoms with Crippen molar-refractivity contribution in [1.29, 1.82) is 5.26 Å². The van der Waals surface area contributed by atoms with Gasteiger partial charge in [-0.3, -0.25) is 0 Å². The molecular formula is C23H26N4O. The van der Waals surface area contributed by atoms with Crippen molar-refractivity contribution in [2.75, 3.05) is 13.1 Å². The number of nitrogens with two attached hydrogens (primary N) is 1. The number of fused-ring (bicyclic) bond motifs is 1. The largest absolute Gasteiger partial charge is 0.410 e. The number of hydrogen-bond donors (Lipinski definition) is 1. The summed E-state index contributed by atoms with van der Waals surface area (Å²) in [4.78, 5) is 10.7. The van der Waals surface area contributed by atoms with Crippen molar-refractivity contribution < 1.29 is 4.84 Å². The van der Waals surface area contributed by atoms with Gasteiger partial charge in [-0.15, -0.1) is 5.06 Å². The van der Waals surface area contributed by atoms with Gasteiger partial charge in [0.2, 0.25) is 0 Å². The predicted octanol–water partition coefficient (Wildman–Crippen LogP) is 5.01. The van der Waals surface area contributed by atoms with Gasteiger partial charge in [0.25, 0.3) is 0 Å². The molecule has 0 bridgehead atoms. The maximum absolute atomic E-state index is 8.97. The number of nitriles is 1. The van der Waals surface area contributed by atoms with E-state index in [1.165, 1.54) is 0 Å². The SMILES string of the molecule is CCCN(CCC)OC1=Cc2ccc(-c3ccc(C#N)cc3)cc2N=C(N)C1. The van der Waals surface area contributed by atoms with Crippen molar-refractivity contribution in [2.45, 2.75) is 33.1 Å². The average molecular weight is 374 g/mol. The fourth-order valence-corrected chi connectivity index (χ4v) is 3.20. The van der Waals surface area contributed by atoms with Gasteiger partial charge in [0, 0.05) is 18.7 Å². The second-order valence-corrected chi connectivity index (χ2v) is 6.87. The summed E-state index contributed by atoms with van der Waals surface area (Å²) >= 11 is 0. The van der Waals surface area contributed by atoms with Crippen molar-refractivity contribution in [2.24, 2.45) is 10.7 Å². The van der Waals surface area contributed by atoms with E-state index in [1.54, 1.807) is 0 Å². The van der Waals surface area contributed by atoms with Gasteiger partial charge < -0.3 is 10.6 Å². The van der Waals surface area contributed by atoms with Gasteiger partial charge in [-0.05, 0) is 48.2 Å². The standard InChI is InChI=1S/C23H26N4O/c1-3-11-27(12-4-2)28-21-13-20-10-9-19(14-22(20)26-23(25)15-21)18-7-5-17(16-24)6-8-18/h5-10,13-14H,3-4,11-12,15H2,1-2H3,(H2,25,26). The molecular weight excluding hydrogens is 348 g/mol. The third-order valence-electron chi connectivity index (χ3n) is 4.51. The zero-order valence-corrected chi connectivity index (χ0v) is 16.5. The zero-order chi connectivity index (χ0) is 19.9. The number of hydroxylamine groups is 2. The van der Waals surface area contributed by atoms with Crippen molar-refractivity contribution in [3.63, 3.8) is 0 Å². The summed E-state index contributed by atoms with van der Waals surface area (Å²) in [5.41, 5.74) is 10.7. The van der Waals surface area contributed by atoms with E-state index in [1.807, 2.05) is 47.5 Å². The van der Waals surface area contributed by atoms with Gasteiger partial charge in [-0.25, -0.2) is 4.99 Å². The van der Waals surface area contributed by atoms with Crippen LogP contribution in [0.3, 0.4) is 0 Å². The van der Waals surface area contributed by atoms with Crippen LogP contribution >= 0.6 is 0 Å². The van der Waals surface area contributed by atoms with E-state index in [0.29, 0.717) is 17.8 Å². The van der Waals surface area contributed by atoms with E-state index >= 15 is 0 Å². The Balaban J connectivity index is 1.89. The van der Waals surface area contributed by atoms with Gasteiger partial charge >= 0.3 is 0 Å². The molecule has 1 aliphatic rings. The van der Waals surface area contributed by atoms with Gasteiger partial charge in [0.05, 0.1) is 23.7 Å². The predicted molar refractivity (Wildman–Crippen MR) is 114 cm³/mol. The van der Waals surface area contributed by atoms with Gasteiger partial charge in [0.15, 0.2) is 0 Å². The first-order valence-corrected chi connectivity index (χ1v) is 9.74. The van der Waals surface area contributed by atoms with E-state index in [4.69, 9.17) is 15.8 Å². The molecule has 1 aliphatic heterocycles. The number of amidine groups is 1. The Morgan fingerprint density at radius 3 is 2.39 bits per heavy atom. The fraction of sp³-hybridized carbons (Fsp3) is 0.304. The smallest absolute Gasteiger partial charge is 0.132 e. The molecule has 0 amide bonds. The molecule has 0 radical (unpaired) electrons. The molecule has 3 rings (SSSR count). The fourth-order valence-electron chi connectivity index (χ4n) is 3.20. The first-order valence-electron chi connectivity index (χ1n) is 9.74. The zero-order valence-electron chi connectivity index (χ0n) is 16.5. The first kappa shape index (κ1) is 19.7. The molecule has 2 aromatic carbocycles. The minimum Gasteiger partial charge on any atom is -0.410 e. The third kappa shape index (κ3) is 4.79. The number of benzene rings is 2. The van der Waals surface area contributed by atoms with Gasteiger partial charge in [-0.1, -0.05) is 38.1 Å². The molecule has 0 aromatic heterocycles. The molecule has 2 aromatic rings. The molecule has 2 N–H and O–H groups in total. The number of rotatable bonds is 7. The maximum Gasteiger partial charge on any atom is 0.132 e. The summed E-state index contributed by atoms with van der Waals surface area (Å²) in [6.45, 7) is 6.05. The van der Waals surface area contributed by atoms with Crippen molar-refractivity contribution >= 4 is 17.6 Å². The van der Waals surface area contributed by atoms with Gasteiger partial charge in [-0.2, -0.15) is 5.26 Å². The highest BCUT2D eigenvalue weighted by Gasteiger charge is 2.15. The van der Waals surface area contributed by atoms with Crippen LogP contribution in [0.4, 0.5) is 5.69 Å². The quantitative estimate of drug-likeness (QED) is 0.691. The Kier molecular flexibility index (Phi) is 6.46. The summed E-state index contributed by atoms with van der Waals surface area (Å²) in [5, 5.41) is 11.0. The van der Waals surface area contributed by atoms with E-state index in [9.17, 15) is 0 Å². The summed E-state index contributed by atoms with van der Waals surface area (Å²) < 4.78 is 0. The Hall–Kier alpha value is -3.10. The molecule has 0 fully saturated rings. The van der Waals surface area contributed by atoms with Crippen LogP contribution in [0.15, 0.2) is 53.2 Å². The molecule has 1 heterocycles. The van der Waals surface area contributed by atoms with Crippen LogP contribution in [0.25, 0.3) is 17.2 Å². The first-order chi connectivity index (χ1) is 13.6. The highest BCUT2D eigenvalue weighted by Crippen LogP contribution is 2.32. The molecule has 144 valence electrons. The second-order valence-electron chi connectivity index (χ2n) is 6.87. The lowest BCUT2D eigenvalue weighted by Crippen LogP contribution is -2.26. The van der Waals surface area contributed by atoms with Crippen LogP contribution in [0.5, 0.6) is 0 Å². The topological polar surface area (TPSA) is 74.6 Å². The molecule has 0 aliphatic carbocycles. The minimum atomic E-state index is 0.491. The van der Waals surface area contributed by atoms with E-state index in [2.05, 4.69) is 31.0 Å². The van der Waals surface area contributed by atoms with Crippen LogP contribution in [0, 0.1) is 11.3 Å². The number of hydrogen-bond acceptors (Lipinski definition) is 5. The maximum atomic E-state index is 8.97. The Morgan fingerprint density at radius 1 is 1.07 bits per heavy atom. The molecule has 0 unspecified atom stereocenters. The van der Waals surface area contributed by atoms with Crippen LogP contribution in [-0.2, 0) is 4.84 Å². The summed E-state index contributed by atoms with van der Waals surface area (Å²) in [5.74, 6) is 1.35. The van der Waals surface area contributed by atoms with Crippen LogP contribution in [0.1, 0.15) is 44.2 Å². The number of nitrogens with zero attached hydrogens (tertiary/aromatic N) is 3. The highest BCUT2D eigenvalue weighted by molar-refractivity contribution is 5.90. The lowest BCUT2D eigenvalue weighted by Gasteiger charge is -2.22. The summed E-state index contributed by atoms with van der Waals surface area (Å²) in [6.07, 6.45) is 4.58. The molecule has 0 saturated carbocycles. The van der Waals surface area contributed by atoms with Crippen LogP contribution < -0.4 is 5.73 Å². The van der Waals surface area contributed by atoms with Crippen molar-refractivity contribution in [1.82, 2.24) is 5.06 Å². The summed E-state index contributed by atoms with van der Waals surface area (Å²) in [6, 6.07) is 15.8. The monoisotopic (exact) mass is 374 g/mol. The summed E-state index contributed by atoms with van der Waals surface area (Å²) in [7, 11) is 0. The van der Waals surface area contributed by atoms with E-state index in [0.717, 1.165) is 54.1 Å². The second kappa shape index (κ2) is 9.20. The molecule has 5 heteroatoms. The third-order valence-corrected chi connectivity index (χ3v) is 4.51. The van der Waals surface area contributed by atoms with Crippen molar-refractivity contribution in [3.8, 4) is 17.2 Å². The molecule has 0 saturated heterocycles. The molecule has 28 heavy (non-hydrogen) atoms. The van der Waals surface area contributed by atoms with E-state index in [-0.39, 0.29) is 0 Å². The van der Waals surface area contributed by atoms with Crippen molar-refractivity contribution in [3.05, 3.63) is 59.4 Å². The van der Waals surface area contributed by atoms with Gasteiger partial charge in [0.1, 0.15) is 11.6 Å².